The zero-order chi connectivity index (χ0) is 19.4. The van der Waals surface area contributed by atoms with Crippen molar-refractivity contribution in [1.29, 1.82) is 0 Å². The van der Waals surface area contributed by atoms with Crippen LogP contribution in [-0.4, -0.2) is 21.1 Å². The lowest BCUT2D eigenvalue weighted by Gasteiger charge is -2.17. The number of fused-ring (bicyclic) bond motifs is 1. The van der Waals surface area contributed by atoms with E-state index < -0.39 is 0 Å². The highest BCUT2D eigenvalue weighted by Gasteiger charge is 2.22. The molecule has 2 N–H and O–H groups in total. The molecule has 1 amide bonds. The first-order chi connectivity index (χ1) is 13.0. The van der Waals surface area contributed by atoms with Crippen molar-refractivity contribution in [3.63, 3.8) is 0 Å². The number of carbonyl (C=O) groups is 1. The third kappa shape index (κ3) is 4.80. The fraction of sp³-hybridized carbons (Fsp3) is 0.476. The summed E-state index contributed by atoms with van der Waals surface area (Å²) >= 11 is 1.33. The van der Waals surface area contributed by atoms with E-state index in [4.69, 9.17) is 0 Å². The number of anilines is 1. The molecule has 27 heavy (non-hydrogen) atoms. The number of nitrogens with one attached hydrogen (secondary N) is 2. The SMILES string of the molecule is CC[C@H](Sc1nc2c(c(=O)[nH]1)CCCC2)C(=O)Nc1ccc(C(C)C)cc1. The Labute approximate surface area is 164 Å². The predicted octanol–water partition coefficient (Wildman–Crippen LogP) is 4.28. The number of amides is 1. The van der Waals surface area contributed by atoms with Gasteiger partial charge in [0.05, 0.1) is 10.9 Å². The molecule has 5 nitrogen and oxygen atoms in total. The first-order valence-corrected chi connectivity index (χ1v) is 10.6. The summed E-state index contributed by atoms with van der Waals surface area (Å²) in [4.78, 5) is 32.4. The maximum Gasteiger partial charge on any atom is 0.254 e. The van der Waals surface area contributed by atoms with Crippen molar-refractivity contribution in [3.8, 4) is 0 Å². The van der Waals surface area contributed by atoms with Gasteiger partial charge >= 0.3 is 0 Å². The van der Waals surface area contributed by atoms with E-state index in [-0.39, 0.29) is 16.7 Å². The number of carbonyl (C=O) groups excluding carboxylic acids is 1. The molecule has 0 spiro atoms. The zero-order valence-electron chi connectivity index (χ0n) is 16.2. The second-order valence-electron chi connectivity index (χ2n) is 7.28. The molecule has 6 heteroatoms. The number of benzene rings is 1. The van der Waals surface area contributed by atoms with Crippen LogP contribution in [-0.2, 0) is 17.6 Å². The highest BCUT2D eigenvalue weighted by Crippen LogP contribution is 2.25. The molecule has 0 saturated heterocycles. The standard InChI is InChI=1S/C21H27N3O2S/c1-4-18(20(26)22-15-11-9-14(10-12-15)13(2)3)27-21-23-17-8-6-5-7-16(17)19(25)24-21/h9-13,18H,4-8H2,1-3H3,(H,22,26)(H,23,24,25)/t18-/m0/s1. The van der Waals surface area contributed by atoms with Gasteiger partial charge in [-0.2, -0.15) is 0 Å². The zero-order valence-corrected chi connectivity index (χ0v) is 17.0. The van der Waals surface area contributed by atoms with Crippen LogP contribution in [0.1, 0.15) is 62.8 Å². The first kappa shape index (κ1) is 19.7. The van der Waals surface area contributed by atoms with E-state index in [1.54, 1.807) is 0 Å². The number of nitrogens with zero attached hydrogens (tertiary/aromatic N) is 1. The van der Waals surface area contributed by atoms with E-state index >= 15 is 0 Å². The van der Waals surface area contributed by atoms with Gasteiger partial charge in [0.15, 0.2) is 5.16 Å². The molecule has 3 rings (SSSR count). The molecule has 1 aromatic carbocycles. The number of aromatic amines is 1. The molecule has 144 valence electrons. The van der Waals surface area contributed by atoms with Crippen molar-refractivity contribution in [1.82, 2.24) is 9.97 Å². The fourth-order valence-electron chi connectivity index (χ4n) is 3.27. The quantitative estimate of drug-likeness (QED) is 0.575. The van der Waals surface area contributed by atoms with Gasteiger partial charge in [-0.25, -0.2) is 4.98 Å². The van der Waals surface area contributed by atoms with Crippen molar-refractivity contribution >= 4 is 23.4 Å². The average molecular weight is 386 g/mol. The Morgan fingerprint density at radius 2 is 1.93 bits per heavy atom. The summed E-state index contributed by atoms with van der Waals surface area (Å²) in [5, 5.41) is 3.21. The minimum Gasteiger partial charge on any atom is -0.325 e. The maximum atomic E-state index is 12.7. The van der Waals surface area contributed by atoms with Gasteiger partial charge in [0.2, 0.25) is 5.91 Å². The smallest absolute Gasteiger partial charge is 0.254 e. The number of aryl methyl sites for hydroxylation is 1. The number of thioether (sulfide) groups is 1. The minimum absolute atomic E-state index is 0.0539. The van der Waals surface area contributed by atoms with Crippen LogP contribution in [0, 0.1) is 0 Å². The van der Waals surface area contributed by atoms with E-state index in [0.29, 0.717) is 17.5 Å². The first-order valence-electron chi connectivity index (χ1n) is 9.67. The molecular weight excluding hydrogens is 358 g/mol. The second-order valence-corrected chi connectivity index (χ2v) is 8.48. The van der Waals surface area contributed by atoms with Gasteiger partial charge in [-0.15, -0.1) is 0 Å². The Balaban J connectivity index is 1.70. The second kappa shape index (κ2) is 8.74. The molecule has 1 aliphatic carbocycles. The average Bonchev–Trinajstić information content (AvgIpc) is 2.66. The van der Waals surface area contributed by atoms with Gasteiger partial charge in [-0.1, -0.05) is 44.7 Å². The Hall–Kier alpha value is -2.08. The molecular formula is C21H27N3O2S. The maximum absolute atomic E-state index is 12.7. The van der Waals surface area contributed by atoms with E-state index in [2.05, 4.69) is 29.1 Å². The lowest BCUT2D eigenvalue weighted by Crippen LogP contribution is -2.26. The van der Waals surface area contributed by atoms with E-state index in [0.717, 1.165) is 42.6 Å². The van der Waals surface area contributed by atoms with Crippen LogP contribution in [0.5, 0.6) is 0 Å². The molecule has 0 aliphatic heterocycles. The van der Waals surface area contributed by atoms with Gasteiger partial charge in [0.1, 0.15) is 0 Å². The van der Waals surface area contributed by atoms with Gasteiger partial charge in [0, 0.05) is 11.3 Å². The molecule has 1 atom stereocenters. The van der Waals surface area contributed by atoms with Crippen LogP contribution >= 0.6 is 11.8 Å². The summed E-state index contributed by atoms with van der Waals surface area (Å²) in [6, 6.07) is 7.95. The Bertz CT molecular complexity index is 859. The van der Waals surface area contributed by atoms with Crippen LogP contribution in [0.2, 0.25) is 0 Å². The number of H-pyrrole nitrogens is 1. The van der Waals surface area contributed by atoms with Crippen LogP contribution in [0.3, 0.4) is 0 Å². The summed E-state index contributed by atoms with van der Waals surface area (Å²) in [5.74, 6) is 0.390. The molecule has 0 saturated carbocycles. The molecule has 1 aliphatic rings. The topological polar surface area (TPSA) is 74.8 Å². The number of hydrogen-bond donors (Lipinski definition) is 2. The third-order valence-corrected chi connectivity index (χ3v) is 6.18. The summed E-state index contributed by atoms with van der Waals surface area (Å²) in [6.45, 7) is 6.25. The molecule has 0 bridgehead atoms. The monoisotopic (exact) mass is 385 g/mol. The molecule has 0 radical (unpaired) electrons. The van der Waals surface area contributed by atoms with Gasteiger partial charge in [-0.05, 0) is 55.7 Å². The number of hydrogen-bond acceptors (Lipinski definition) is 4. The van der Waals surface area contributed by atoms with Crippen molar-refractivity contribution in [2.75, 3.05) is 5.32 Å². The van der Waals surface area contributed by atoms with Crippen LogP contribution < -0.4 is 10.9 Å². The Morgan fingerprint density at radius 3 is 2.59 bits per heavy atom. The van der Waals surface area contributed by atoms with Crippen molar-refractivity contribution < 1.29 is 4.79 Å². The lowest BCUT2D eigenvalue weighted by atomic mass is 9.97. The van der Waals surface area contributed by atoms with Crippen molar-refractivity contribution in [2.45, 2.75) is 69.2 Å². The van der Waals surface area contributed by atoms with E-state index in [1.807, 2.05) is 31.2 Å². The lowest BCUT2D eigenvalue weighted by molar-refractivity contribution is -0.115. The molecule has 0 fully saturated rings. The minimum atomic E-state index is -0.306. The largest absolute Gasteiger partial charge is 0.325 e. The number of aromatic nitrogens is 2. The highest BCUT2D eigenvalue weighted by molar-refractivity contribution is 8.00. The summed E-state index contributed by atoms with van der Waals surface area (Å²) in [6.07, 6.45) is 4.41. The van der Waals surface area contributed by atoms with E-state index in [1.165, 1.54) is 17.3 Å². The Morgan fingerprint density at radius 1 is 1.22 bits per heavy atom. The van der Waals surface area contributed by atoms with Crippen LogP contribution in [0.15, 0.2) is 34.2 Å². The molecule has 1 heterocycles. The Kier molecular flexibility index (Phi) is 6.37. The van der Waals surface area contributed by atoms with E-state index in [9.17, 15) is 9.59 Å². The number of rotatable bonds is 6. The molecule has 1 aromatic heterocycles. The van der Waals surface area contributed by atoms with Gasteiger partial charge < -0.3 is 10.3 Å². The summed E-state index contributed by atoms with van der Waals surface area (Å²) < 4.78 is 0. The predicted molar refractivity (Wildman–Crippen MR) is 111 cm³/mol. The molecule has 0 unspecified atom stereocenters. The van der Waals surface area contributed by atoms with Crippen LogP contribution in [0.4, 0.5) is 5.69 Å². The summed E-state index contributed by atoms with van der Waals surface area (Å²) in [5.41, 5.74) is 3.68. The van der Waals surface area contributed by atoms with Crippen molar-refractivity contribution in [3.05, 3.63) is 51.4 Å². The van der Waals surface area contributed by atoms with Crippen molar-refractivity contribution in [2.24, 2.45) is 0 Å². The van der Waals surface area contributed by atoms with Gasteiger partial charge in [-0.3, -0.25) is 9.59 Å². The molecule has 2 aromatic rings. The normalized spacial score (nSPS) is 14.7. The third-order valence-electron chi connectivity index (χ3n) is 4.93. The van der Waals surface area contributed by atoms with Crippen LogP contribution in [0.25, 0.3) is 0 Å². The highest BCUT2D eigenvalue weighted by atomic mass is 32.2. The van der Waals surface area contributed by atoms with Gasteiger partial charge in [0.25, 0.3) is 5.56 Å². The fourth-order valence-corrected chi connectivity index (χ4v) is 4.18. The summed E-state index contributed by atoms with van der Waals surface area (Å²) in [7, 11) is 0.